The summed E-state index contributed by atoms with van der Waals surface area (Å²) in [6, 6.07) is 26.0. The third-order valence-electron chi connectivity index (χ3n) is 5.60. The minimum atomic E-state index is -3.90. The predicted molar refractivity (Wildman–Crippen MR) is 120 cm³/mol. The van der Waals surface area contributed by atoms with Gasteiger partial charge in [-0.3, -0.25) is 0 Å². The van der Waals surface area contributed by atoms with Crippen molar-refractivity contribution in [2.75, 3.05) is 6.61 Å². The molecular formula is C25H22N2O3S. The third-order valence-corrected chi connectivity index (χ3v) is 7.52. The first-order valence-electron chi connectivity index (χ1n) is 9.99. The second kappa shape index (κ2) is 8.86. The molecular weight excluding hydrogens is 408 g/mol. The maximum absolute atomic E-state index is 13.2. The Morgan fingerprint density at radius 3 is 2.16 bits per heavy atom. The van der Waals surface area contributed by atoms with E-state index in [1.165, 1.54) is 12.1 Å². The maximum Gasteiger partial charge on any atom is 0.244 e. The van der Waals surface area contributed by atoms with Crippen molar-refractivity contribution in [3.63, 3.8) is 0 Å². The van der Waals surface area contributed by atoms with E-state index >= 15 is 0 Å². The van der Waals surface area contributed by atoms with Gasteiger partial charge in [0.05, 0.1) is 23.6 Å². The Hall–Kier alpha value is -3.24. The van der Waals surface area contributed by atoms with Crippen molar-refractivity contribution in [3.8, 4) is 6.07 Å². The zero-order valence-corrected chi connectivity index (χ0v) is 17.6. The van der Waals surface area contributed by atoms with Crippen LogP contribution in [0.1, 0.15) is 22.6 Å². The molecule has 156 valence electrons. The molecule has 0 spiro atoms. The summed E-state index contributed by atoms with van der Waals surface area (Å²) in [6.45, 7) is -0.369. The van der Waals surface area contributed by atoms with E-state index in [-0.39, 0.29) is 11.5 Å². The summed E-state index contributed by atoms with van der Waals surface area (Å²) < 4.78 is 27.5. The quantitative estimate of drug-likeness (QED) is 0.602. The molecule has 1 aliphatic rings. The molecule has 0 saturated carbocycles. The highest BCUT2D eigenvalue weighted by molar-refractivity contribution is 7.89. The third kappa shape index (κ3) is 3.91. The van der Waals surface area contributed by atoms with Crippen molar-refractivity contribution in [2.24, 2.45) is 0 Å². The Kier molecular flexibility index (Phi) is 6.01. The summed E-state index contributed by atoms with van der Waals surface area (Å²) in [5.74, 6) is -0.426. The van der Waals surface area contributed by atoms with E-state index in [1.54, 1.807) is 18.2 Å². The molecule has 31 heavy (non-hydrogen) atoms. The normalized spacial score (nSPS) is 21.5. The first kappa shape index (κ1) is 21.0. The van der Waals surface area contributed by atoms with Gasteiger partial charge in [0.1, 0.15) is 6.04 Å². The molecule has 0 aromatic heterocycles. The summed E-state index contributed by atoms with van der Waals surface area (Å²) in [4.78, 5) is 0.115. The fourth-order valence-corrected chi connectivity index (χ4v) is 5.87. The van der Waals surface area contributed by atoms with Crippen LogP contribution in [0.5, 0.6) is 0 Å². The number of aliphatic hydroxyl groups is 1. The van der Waals surface area contributed by atoms with Crippen molar-refractivity contribution >= 4 is 22.2 Å². The van der Waals surface area contributed by atoms with Crippen LogP contribution in [0.25, 0.3) is 12.2 Å². The Morgan fingerprint density at radius 1 is 0.903 bits per heavy atom. The lowest BCUT2D eigenvalue weighted by Crippen LogP contribution is -2.65. The number of nitriles is 1. The Labute approximate surface area is 182 Å². The summed E-state index contributed by atoms with van der Waals surface area (Å²) in [5.41, 5.74) is 2.78. The van der Waals surface area contributed by atoms with E-state index in [4.69, 9.17) is 0 Å². The van der Waals surface area contributed by atoms with E-state index in [0.29, 0.717) is 0 Å². The second-order valence-corrected chi connectivity index (χ2v) is 9.21. The van der Waals surface area contributed by atoms with Crippen molar-refractivity contribution < 1.29 is 13.5 Å². The molecule has 1 saturated heterocycles. The van der Waals surface area contributed by atoms with Gasteiger partial charge in [-0.2, -0.15) is 9.57 Å². The average Bonchev–Trinajstić information content (AvgIpc) is 2.79. The SMILES string of the molecule is N#C[C@H]1[C@@H](c2ccccc2/C=C/c2ccccc2)[C@@H](CO)N1S(=O)(=O)c1ccccc1. The molecule has 3 aromatic carbocycles. The number of sulfonamides is 1. The molecule has 1 fully saturated rings. The maximum atomic E-state index is 13.2. The number of rotatable bonds is 6. The zero-order chi connectivity index (χ0) is 21.8. The first-order chi connectivity index (χ1) is 15.1. The number of nitrogens with zero attached hydrogens (tertiary/aromatic N) is 2. The molecule has 6 heteroatoms. The van der Waals surface area contributed by atoms with E-state index in [2.05, 4.69) is 6.07 Å². The number of benzene rings is 3. The smallest absolute Gasteiger partial charge is 0.244 e. The van der Waals surface area contributed by atoms with Gasteiger partial charge >= 0.3 is 0 Å². The summed E-state index contributed by atoms with van der Waals surface area (Å²) in [7, 11) is -3.90. The minimum Gasteiger partial charge on any atom is -0.395 e. The topological polar surface area (TPSA) is 81.4 Å². The number of hydrogen-bond acceptors (Lipinski definition) is 4. The fourth-order valence-electron chi connectivity index (χ4n) is 4.10. The molecule has 4 rings (SSSR count). The standard InChI is InChI=1S/C25H22N2O3S/c26-17-23-25(24(18-28)27(23)31(29,30)21-12-5-2-6-13-21)22-14-8-7-11-20(22)16-15-19-9-3-1-4-10-19/h1-16,23-25,28H,18H2/b16-15+/t23-,24+,25+/m0/s1. The lowest BCUT2D eigenvalue weighted by Gasteiger charge is -2.50. The summed E-state index contributed by atoms with van der Waals surface area (Å²) >= 11 is 0. The molecule has 3 aromatic rings. The molecule has 1 heterocycles. The number of hydrogen-bond donors (Lipinski definition) is 1. The van der Waals surface area contributed by atoms with Crippen LogP contribution in [0.3, 0.4) is 0 Å². The first-order valence-corrected chi connectivity index (χ1v) is 11.4. The van der Waals surface area contributed by atoms with Crippen LogP contribution in [-0.2, 0) is 10.0 Å². The van der Waals surface area contributed by atoms with Gasteiger partial charge in [0.15, 0.2) is 0 Å². The van der Waals surface area contributed by atoms with Crippen molar-refractivity contribution in [1.29, 1.82) is 5.26 Å². The molecule has 0 aliphatic carbocycles. The van der Waals surface area contributed by atoms with Crippen molar-refractivity contribution in [1.82, 2.24) is 4.31 Å². The van der Waals surface area contributed by atoms with Crippen LogP contribution >= 0.6 is 0 Å². The van der Waals surface area contributed by atoms with Crippen LogP contribution in [0, 0.1) is 11.3 Å². The summed E-state index contributed by atoms with van der Waals surface area (Å²) in [5, 5.41) is 19.9. The molecule has 0 bridgehead atoms. The molecule has 1 N–H and O–H groups in total. The van der Waals surface area contributed by atoms with Crippen LogP contribution in [0.2, 0.25) is 0 Å². The van der Waals surface area contributed by atoms with Gasteiger partial charge in [-0.15, -0.1) is 0 Å². The van der Waals surface area contributed by atoms with Gasteiger partial charge in [0.25, 0.3) is 0 Å². The predicted octanol–water partition coefficient (Wildman–Crippen LogP) is 3.90. The van der Waals surface area contributed by atoms with E-state index in [0.717, 1.165) is 21.0 Å². The molecule has 5 nitrogen and oxygen atoms in total. The van der Waals surface area contributed by atoms with Crippen LogP contribution in [-0.4, -0.2) is 36.5 Å². The monoisotopic (exact) mass is 430 g/mol. The average molecular weight is 431 g/mol. The van der Waals surface area contributed by atoms with Gasteiger partial charge in [-0.05, 0) is 28.8 Å². The minimum absolute atomic E-state index is 0.115. The van der Waals surface area contributed by atoms with Gasteiger partial charge in [0, 0.05) is 5.92 Å². The number of aliphatic hydroxyl groups excluding tert-OH is 1. The van der Waals surface area contributed by atoms with Crippen LogP contribution in [0.15, 0.2) is 89.8 Å². The molecule has 0 radical (unpaired) electrons. The van der Waals surface area contributed by atoms with E-state index in [1.807, 2.05) is 66.7 Å². The van der Waals surface area contributed by atoms with Gasteiger partial charge in [0.2, 0.25) is 10.0 Å². The lowest BCUT2D eigenvalue weighted by molar-refractivity contribution is 0.0556. The molecule has 0 unspecified atom stereocenters. The van der Waals surface area contributed by atoms with E-state index < -0.39 is 28.0 Å². The second-order valence-electron chi connectivity index (χ2n) is 7.37. The van der Waals surface area contributed by atoms with Crippen LogP contribution < -0.4 is 0 Å². The Balaban J connectivity index is 1.70. The van der Waals surface area contributed by atoms with Gasteiger partial charge in [-0.1, -0.05) is 84.9 Å². The fraction of sp³-hybridized carbons (Fsp3) is 0.160. The molecule has 3 atom stereocenters. The summed E-state index contributed by atoms with van der Waals surface area (Å²) in [6.07, 6.45) is 3.94. The van der Waals surface area contributed by atoms with Crippen molar-refractivity contribution in [2.45, 2.75) is 22.9 Å². The highest BCUT2D eigenvalue weighted by atomic mass is 32.2. The van der Waals surface area contributed by atoms with E-state index in [9.17, 15) is 18.8 Å². The van der Waals surface area contributed by atoms with Crippen molar-refractivity contribution in [3.05, 3.63) is 102 Å². The Bertz CT molecular complexity index is 1220. The zero-order valence-electron chi connectivity index (χ0n) is 16.7. The lowest BCUT2D eigenvalue weighted by atomic mass is 9.76. The van der Waals surface area contributed by atoms with Gasteiger partial charge < -0.3 is 5.11 Å². The molecule has 1 aliphatic heterocycles. The van der Waals surface area contributed by atoms with Gasteiger partial charge in [-0.25, -0.2) is 8.42 Å². The largest absolute Gasteiger partial charge is 0.395 e. The highest BCUT2D eigenvalue weighted by Crippen LogP contribution is 2.45. The molecule has 0 amide bonds. The highest BCUT2D eigenvalue weighted by Gasteiger charge is 2.55. The van der Waals surface area contributed by atoms with Crippen LogP contribution in [0.4, 0.5) is 0 Å². The Morgan fingerprint density at radius 2 is 1.52 bits per heavy atom.